The van der Waals surface area contributed by atoms with Crippen LogP contribution in [0.2, 0.25) is 0 Å². The van der Waals surface area contributed by atoms with E-state index < -0.39 is 6.04 Å². The van der Waals surface area contributed by atoms with E-state index in [0.717, 1.165) is 12.8 Å². The van der Waals surface area contributed by atoms with Crippen molar-refractivity contribution < 1.29 is 14.4 Å². The summed E-state index contributed by atoms with van der Waals surface area (Å²) in [5.74, 6) is -0.697. The van der Waals surface area contributed by atoms with Crippen LogP contribution in [0.15, 0.2) is 47.8 Å². The zero-order valence-electron chi connectivity index (χ0n) is 12.9. The Morgan fingerprint density at radius 2 is 1.83 bits per heavy atom. The van der Waals surface area contributed by atoms with Crippen molar-refractivity contribution >= 4 is 34.7 Å². The Morgan fingerprint density at radius 1 is 1.08 bits per heavy atom. The lowest BCUT2D eigenvalue weighted by molar-refractivity contribution is -0.122. The van der Waals surface area contributed by atoms with Gasteiger partial charge in [-0.2, -0.15) is 0 Å². The number of hydrogen-bond acceptors (Lipinski definition) is 4. The number of thiophene rings is 1. The van der Waals surface area contributed by atoms with Gasteiger partial charge in [-0.1, -0.05) is 24.3 Å². The van der Waals surface area contributed by atoms with E-state index in [2.05, 4.69) is 0 Å². The Labute approximate surface area is 143 Å². The molecule has 2 aliphatic rings. The first kappa shape index (κ1) is 15.1. The molecule has 2 heterocycles. The molecule has 2 aromatic rings. The molecule has 1 aliphatic carbocycles. The van der Waals surface area contributed by atoms with Gasteiger partial charge in [-0.05, 0) is 36.4 Å². The van der Waals surface area contributed by atoms with E-state index >= 15 is 0 Å². The van der Waals surface area contributed by atoms with Gasteiger partial charge in [0.05, 0.1) is 17.0 Å². The highest BCUT2D eigenvalue weighted by Gasteiger charge is 2.48. The first-order valence-electron chi connectivity index (χ1n) is 7.95. The van der Waals surface area contributed by atoms with Crippen LogP contribution in [-0.2, 0) is 9.59 Å². The molecule has 1 aromatic heterocycles. The Kier molecular flexibility index (Phi) is 3.69. The van der Waals surface area contributed by atoms with Gasteiger partial charge in [0, 0.05) is 6.04 Å². The minimum atomic E-state index is -0.695. The van der Waals surface area contributed by atoms with Crippen LogP contribution in [0.1, 0.15) is 28.9 Å². The van der Waals surface area contributed by atoms with E-state index in [1.165, 1.54) is 16.2 Å². The molecule has 0 radical (unpaired) electrons. The van der Waals surface area contributed by atoms with Gasteiger partial charge in [-0.25, -0.2) is 4.90 Å². The van der Waals surface area contributed by atoms with Crippen LogP contribution < -0.4 is 4.90 Å². The second-order valence-electron chi connectivity index (χ2n) is 6.04. The lowest BCUT2D eigenvalue weighted by Gasteiger charge is -2.27. The van der Waals surface area contributed by atoms with Crippen molar-refractivity contribution in [3.8, 4) is 0 Å². The molecule has 24 heavy (non-hydrogen) atoms. The van der Waals surface area contributed by atoms with E-state index in [-0.39, 0.29) is 30.2 Å². The molecule has 6 heteroatoms. The molecule has 122 valence electrons. The highest BCUT2D eigenvalue weighted by atomic mass is 32.1. The molecule has 0 spiro atoms. The van der Waals surface area contributed by atoms with Crippen LogP contribution in [0.3, 0.4) is 0 Å². The molecule has 1 saturated heterocycles. The molecule has 1 saturated carbocycles. The van der Waals surface area contributed by atoms with E-state index in [9.17, 15) is 14.4 Å². The fourth-order valence-corrected chi connectivity index (χ4v) is 3.79. The standard InChI is InChI=1S/C18H16N2O3S/c21-16-11-14(17(22)20(16)12-5-2-1-3-6-12)19(13-8-9-13)18(23)15-7-4-10-24-15/h1-7,10,13-14H,8-9,11H2. The number of rotatable bonds is 4. The Balaban J connectivity index is 1.64. The summed E-state index contributed by atoms with van der Waals surface area (Å²) in [5.41, 5.74) is 0.564. The summed E-state index contributed by atoms with van der Waals surface area (Å²) < 4.78 is 0. The third-order valence-corrected chi connectivity index (χ3v) is 5.24. The summed E-state index contributed by atoms with van der Waals surface area (Å²) in [5, 5.41) is 1.84. The number of benzene rings is 1. The van der Waals surface area contributed by atoms with Gasteiger partial charge >= 0.3 is 0 Å². The second-order valence-corrected chi connectivity index (χ2v) is 6.99. The number of carbonyl (C=O) groups excluding carboxylic acids is 3. The number of nitrogens with zero attached hydrogens (tertiary/aromatic N) is 2. The first-order valence-corrected chi connectivity index (χ1v) is 8.83. The van der Waals surface area contributed by atoms with Gasteiger partial charge in [-0.3, -0.25) is 14.4 Å². The molecular formula is C18H16N2O3S. The van der Waals surface area contributed by atoms with E-state index in [1.807, 2.05) is 17.5 Å². The van der Waals surface area contributed by atoms with Gasteiger partial charge < -0.3 is 4.90 Å². The predicted octanol–water partition coefficient (Wildman–Crippen LogP) is 2.68. The summed E-state index contributed by atoms with van der Waals surface area (Å²) in [4.78, 5) is 41.6. The minimum absolute atomic E-state index is 0.0569. The smallest absolute Gasteiger partial charge is 0.264 e. The Bertz CT molecular complexity index is 784. The van der Waals surface area contributed by atoms with Crippen LogP contribution in [-0.4, -0.2) is 34.7 Å². The first-order chi connectivity index (χ1) is 11.7. The molecule has 1 aliphatic heterocycles. The highest BCUT2D eigenvalue weighted by Crippen LogP contribution is 2.35. The maximum atomic E-state index is 12.9. The zero-order chi connectivity index (χ0) is 16.7. The molecule has 3 amide bonds. The minimum Gasteiger partial charge on any atom is -0.322 e. The maximum absolute atomic E-state index is 12.9. The number of hydrogen-bond donors (Lipinski definition) is 0. The largest absolute Gasteiger partial charge is 0.322 e. The third-order valence-electron chi connectivity index (χ3n) is 4.38. The quantitative estimate of drug-likeness (QED) is 0.804. The number of anilines is 1. The van der Waals surface area contributed by atoms with Crippen LogP contribution in [0.5, 0.6) is 0 Å². The number of para-hydroxylation sites is 1. The average Bonchev–Trinajstić information content (AvgIpc) is 3.17. The fourth-order valence-electron chi connectivity index (χ4n) is 3.12. The van der Waals surface area contributed by atoms with E-state index in [1.54, 1.807) is 35.2 Å². The van der Waals surface area contributed by atoms with Gasteiger partial charge in [0.15, 0.2) is 0 Å². The van der Waals surface area contributed by atoms with Crippen molar-refractivity contribution in [3.63, 3.8) is 0 Å². The van der Waals surface area contributed by atoms with Crippen molar-refractivity contribution in [2.45, 2.75) is 31.3 Å². The summed E-state index contributed by atoms with van der Waals surface area (Å²) in [7, 11) is 0. The molecule has 1 unspecified atom stereocenters. The molecule has 0 bridgehead atoms. The van der Waals surface area contributed by atoms with Crippen LogP contribution in [0.25, 0.3) is 0 Å². The summed E-state index contributed by atoms with van der Waals surface area (Å²) in [6.45, 7) is 0. The third kappa shape index (κ3) is 2.53. The van der Waals surface area contributed by atoms with Gasteiger partial charge in [0.25, 0.3) is 11.8 Å². The molecular weight excluding hydrogens is 324 g/mol. The topological polar surface area (TPSA) is 57.7 Å². The van der Waals surface area contributed by atoms with Crippen molar-refractivity contribution in [1.82, 2.24) is 4.90 Å². The molecule has 5 nitrogen and oxygen atoms in total. The lowest BCUT2D eigenvalue weighted by Crippen LogP contribution is -2.46. The lowest BCUT2D eigenvalue weighted by atomic mass is 10.2. The van der Waals surface area contributed by atoms with Crippen molar-refractivity contribution in [2.24, 2.45) is 0 Å². The molecule has 0 N–H and O–H groups in total. The van der Waals surface area contributed by atoms with Gasteiger partial charge in [0.1, 0.15) is 6.04 Å². The summed E-state index contributed by atoms with van der Waals surface area (Å²) >= 11 is 1.36. The van der Waals surface area contributed by atoms with Gasteiger partial charge in [0.2, 0.25) is 5.91 Å². The number of carbonyl (C=O) groups is 3. The number of amides is 3. The SMILES string of the molecule is O=C1CC(N(C(=O)c2cccs2)C2CC2)C(=O)N1c1ccccc1. The normalized spacial score (nSPS) is 20.5. The summed E-state index contributed by atoms with van der Waals surface area (Å²) in [6.07, 6.45) is 1.84. The number of imide groups is 1. The molecule has 1 atom stereocenters. The average molecular weight is 340 g/mol. The van der Waals surface area contributed by atoms with E-state index in [0.29, 0.717) is 10.6 Å². The van der Waals surface area contributed by atoms with Crippen molar-refractivity contribution in [2.75, 3.05) is 4.90 Å². The Morgan fingerprint density at radius 3 is 2.46 bits per heavy atom. The van der Waals surface area contributed by atoms with Crippen LogP contribution >= 0.6 is 11.3 Å². The van der Waals surface area contributed by atoms with Crippen LogP contribution in [0.4, 0.5) is 5.69 Å². The predicted molar refractivity (Wildman–Crippen MR) is 90.9 cm³/mol. The van der Waals surface area contributed by atoms with E-state index in [4.69, 9.17) is 0 Å². The van der Waals surface area contributed by atoms with Crippen molar-refractivity contribution in [1.29, 1.82) is 0 Å². The fraction of sp³-hybridized carbons (Fsp3) is 0.278. The highest BCUT2D eigenvalue weighted by molar-refractivity contribution is 7.12. The maximum Gasteiger partial charge on any atom is 0.264 e. The molecule has 4 rings (SSSR count). The molecule has 1 aromatic carbocycles. The zero-order valence-corrected chi connectivity index (χ0v) is 13.7. The molecule has 2 fully saturated rings. The monoisotopic (exact) mass is 340 g/mol. The van der Waals surface area contributed by atoms with Gasteiger partial charge in [-0.15, -0.1) is 11.3 Å². The summed E-state index contributed by atoms with van der Waals surface area (Å²) in [6, 6.07) is 11.8. The second kappa shape index (κ2) is 5.87. The Hall–Kier alpha value is -2.47. The van der Waals surface area contributed by atoms with Crippen LogP contribution in [0, 0.1) is 0 Å². The van der Waals surface area contributed by atoms with Crippen molar-refractivity contribution in [3.05, 3.63) is 52.7 Å².